The Labute approximate surface area is 143 Å². The normalized spacial score (nSPS) is 26.0. The number of piperidine rings is 1. The first-order valence-electron chi connectivity index (χ1n) is 8.73. The molecule has 5 nitrogen and oxygen atoms in total. The molecule has 0 spiro atoms. The van der Waals surface area contributed by atoms with Crippen LogP contribution in [0.3, 0.4) is 0 Å². The fraction of sp³-hybridized carbons (Fsp3) is 0.526. The van der Waals surface area contributed by atoms with Crippen molar-refractivity contribution in [1.82, 2.24) is 14.7 Å². The second kappa shape index (κ2) is 6.48. The number of hydrogen-bond donors (Lipinski definition) is 0. The van der Waals surface area contributed by atoms with E-state index in [1.807, 2.05) is 42.2 Å². The number of benzene rings is 1. The van der Waals surface area contributed by atoms with Gasteiger partial charge in [-0.1, -0.05) is 0 Å². The van der Waals surface area contributed by atoms with E-state index in [1.165, 1.54) is 24.8 Å². The van der Waals surface area contributed by atoms with Gasteiger partial charge in [0.05, 0.1) is 13.3 Å². The molecule has 0 unspecified atom stereocenters. The number of ether oxygens (including phenoxy) is 2. The molecule has 1 saturated carbocycles. The van der Waals surface area contributed by atoms with Gasteiger partial charge in [-0.15, -0.1) is 0 Å². The average Bonchev–Trinajstić information content (AvgIpc) is 3.31. The summed E-state index contributed by atoms with van der Waals surface area (Å²) in [6.07, 6.45) is 8.08. The molecule has 0 amide bonds. The van der Waals surface area contributed by atoms with E-state index in [1.54, 1.807) is 7.11 Å². The zero-order valence-electron chi connectivity index (χ0n) is 14.4. The molecule has 2 bridgehead atoms. The first kappa shape index (κ1) is 15.5. The molecule has 1 aromatic heterocycles. The lowest BCUT2D eigenvalue weighted by molar-refractivity contribution is 0.0867. The van der Waals surface area contributed by atoms with Crippen molar-refractivity contribution in [3.8, 4) is 11.5 Å². The summed E-state index contributed by atoms with van der Waals surface area (Å²) < 4.78 is 13.2. The van der Waals surface area contributed by atoms with Crippen LogP contribution in [0.5, 0.6) is 11.5 Å². The van der Waals surface area contributed by atoms with E-state index in [4.69, 9.17) is 9.47 Å². The lowest BCUT2D eigenvalue weighted by Gasteiger charge is -2.34. The van der Waals surface area contributed by atoms with E-state index in [9.17, 15) is 0 Å². The minimum atomic E-state index is 0.506. The SMILES string of the molecule is COc1ccc(OC[C@H]2[C@H]3CC[C@H](C3)N2Cc2cnn(C)c2)cc1. The van der Waals surface area contributed by atoms with Crippen molar-refractivity contribution >= 4 is 0 Å². The van der Waals surface area contributed by atoms with Gasteiger partial charge in [-0.2, -0.15) is 5.10 Å². The highest BCUT2D eigenvalue weighted by atomic mass is 16.5. The van der Waals surface area contributed by atoms with Gasteiger partial charge < -0.3 is 9.47 Å². The molecular weight excluding hydrogens is 302 g/mol. The van der Waals surface area contributed by atoms with Gasteiger partial charge >= 0.3 is 0 Å². The van der Waals surface area contributed by atoms with E-state index < -0.39 is 0 Å². The zero-order chi connectivity index (χ0) is 16.5. The summed E-state index contributed by atoms with van der Waals surface area (Å²) in [5.74, 6) is 2.55. The van der Waals surface area contributed by atoms with Gasteiger partial charge in [0.25, 0.3) is 0 Å². The molecule has 4 rings (SSSR count). The Kier molecular flexibility index (Phi) is 4.19. The Hall–Kier alpha value is -2.01. The molecular formula is C19H25N3O2. The fourth-order valence-corrected chi connectivity index (χ4v) is 4.28. The predicted octanol–water partition coefficient (Wildman–Crippen LogP) is 2.86. The van der Waals surface area contributed by atoms with E-state index in [-0.39, 0.29) is 0 Å². The van der Waals surface area contributed by atoms with Crippen LogP contribution < -0.4 is 9.47 Å². The molecule has 0 radical (unpaired) electrons. The molecule has 2 fully saturated rings. The van der Waals surface area contributed by atoms with Crippen molar-refractivity contribution in [3.05, 3.63) is 42.2 Å². The highest BCUT2D eigenvalue weighted by Crippen LogP contribution is 2.43. The molecule has 3 atom stereocenters. The predicted molar refractivity (Wildman–Crippen MR) is 92.2 cm³/mol. The van der Waals surface area contributed by atoms with Gasteiger partial charge in [-0.25, -0.2) is 0 Å². The molecule has 1 aliphatic heterocycles. The molecule has 1 saturated heterocycles. The smallest absolute Gasteiger partial charge is 0.119 e. The third-order valence-electron chi connectivity index (χ3n) is 5.49. The second-order valence-electron chi connectivity index (χ2n) is 6.98. The molecule has 128 valence electrons. The van der Waals surface area contributed by atoms with Gasteiger partial charge in [0, 0.05) is 37.4 Å². The van der Waals surface area contributed by atoms with Crippen LogP contribution in [0, 0.1) is 5.92 Å². The number of nitrogens with zero attached hydrogens (tertiary/aromatic N) is 3. The summed E-state index contributed by atoms with van der Waals surface area (Å²) >= 11 is 0. The van der Waals surface area contributed by atoms with Crippen LogP contribution in [0.2, 0.25) is 0 Å². The summed E-state index contributed by atoms with van der Waals surface area (Å²) in [6.45, 7) is 1.74. The van der Waals surface area contributed by atoms with Crippen LogP contribution in [-0.4, -0.2) is 40.5 Å². The van der Waals surface area contributed by atoms with Crippen LogP contribution in [0.4, 0.5) is 0 Å². The Morgan fingerprint density at radius 2 is 1.96 bits per heavy atom. The number of likely N-dealkylation sites (tertiary alicyclic amines) is 1. The highest BCUT2D eigenvalue weighted by molar-refractivity contribution is 5.31. The standard InChI is InChI=1S/C19H25N3O2/c1-21-11-14(10-20-21)12-22-16-4-3-15(9-16)19(22)13-24-18-7-5-17(23-2)6-8-18/h5-8,10-11,15-16,19H,3-4,9,12-13H2,1-2H3/t15-,16+,19-/m0/s1. The Morgan fingerprint density at radius 1 is 1.17 bits per heavy atom. The van der Waals surface area contributed by atoms with Gasteiger partial charge in [-0.3, -0.25) is 9.58 Å². The first-order valence-corrected chi connectivity index (χ1v) is 8.73. The third-order valence-corrected chi connectivity index (χ3v) is 5.49. The van der Waals surface area contributed by atoms with Crippen LogP contribution in [0.25, 0.3) is 0 Å². The average molecular weight is 327 g/mol. The summed E-state index contributed by atoms with van der Waals surface area (Å²) in [5, 5.41) is 4.30. The number of fused-ring (bicyclic) bond motifs is 2. The molecule has 1 aliphatic carbocycles. The fourth-order valence-electron chi connectivity index (χ4n) is 4.28. The van der Waals surface area contributed by atoms with E-state index >= 15 is 0 Å². The van der Waals surface area contributed by atoms with E-state index in [0.29, 0.717) is 12.1 Å². The van der Waals surface area contributed by atoms with Crippen molar-refractivity contribution in [2.45, 2.75) is 37.9 Å². The Balaban J connectivity index is 1.41. The third kappa shape index (κ3) is 3.00. The second-order valence-corrected chi connectivity index (χ2v) is 6.98. The molecule has 24 heavy (non-hydrogen) atoms. The maximum absolute atomic E-state index is 6.10. The van der Waals surface area contributed by atoms with Crippen molar-refractivity contribution in [3.63, 3.8) is 0 Å². The number of aryl methyl sites for hydroxylation is 1. The molecule has 5 heteroatoms. The molecule has 2 heterocycles. The van der Waals surface area contributed by atoms with E-state index in [2.05, 4.69) is 16.2 Å². The van der Waals surface area contributed by atoms with Crippen molar-refractivity contribution < 1.29 is 9.47 Å². The van der Waals surface area contributed by atoms with Gasteiger partial charge in [0.15, 0.2) is 0 Å². The number of rotatable bonds is 6. The summed E-state index contributed by atoms with van der Waals surface area (Å²) in [4.78, 5) is 2.63. The minimum absolute atomic E-state index is 0.506. The molecule has 0 N–H and O–H groups in total. The maximum atomic E-state index is 6.10. The van der Waals surface area contributed by atoms with Gasteiger partial charge in [-0.05, 0) is 49.4 Å². The quantitative estimate of drug-likeness (QED) is 0.818. The number of methoxy groups -OCH3 is 1. The van der Waals surface area contributed by atoms with Crippen LogP contribution in [0.1, 0.15) is 24.8 Å². The van der Waals surface area contributed by atoms with Gasteiger partial charge in [0.2, 0.25) is 0 Å². The van der Waals surface area contributed by atoms with Crippen molar-refractivity contribution in [1.29, 1.82) is 0 Å². The van der Waals surface area contributed by atoms with Crippen molar-refractivity contribution in [2.75, 3.05) is 13.7 Å². The van der Waals surface area contributed by atoms with Gasteiger partial charge in [0.1, 0.15) is 18.1 Å². The largest absolute Gasteiger partial charge is 0.497 e. The van der Waals surface area contributed by atoms with Crippen molar-refractivity contribution in [2.24, 2.45) is 13.0 Å². The summed E-state index contributed by atoms with van der Waals surface area (Å²) in [5.41, 5.74) is 1.29. The maximum Gasteiger partial charge on any atom is 0.119 e. The number of aromatic nitrogens is 2. The van der Waals surface area contributed by atoms with Crippen LogP contribution >= 0.6 is 0 Å². The van der Waals surface area contributed by atoms with Crippen LogP contribution in [-0.2, 0) is 13.6 Å². The lowest BCUT2D eigenvalue weighted by atomic mass is 9.99. The van der Waals surface area contributed by atoms with E-state index in [0.717, 1.165) is 30.6 Å². The monoisotopic (exact) mass is 327 g/mol. The molecule has 2 aliphatic rings. The van der Waals surface area contributed by atoms with Crippen LogP contribution in [0.15, 0.2) is 36.7 Å². The minimum Gasteiger partial charge on any atom is -0.497 e. The lowest BCUT2D eigenvalue weighted by Crippen LogP contribution is -2.43. The first-order chi connectivity index (χ1) is 11.7. The number of hydrogen-bond acceptors (Lipinski definition) is 4. The summed E-state index contributed by atoms with van der Waals surface area (Å²) in [6, 6.07) is 9.08. The molecule has 1 aromatic carbocycles. The zero-order valence-corrected chi connectivity index (χ0v) is 14.4. The topological polar surface area (TPSA) is 39.5 Å². The Morgan fingerprint density at radius 3 is 2.67 bits per heavy atom. The summed E-state index contributed by atoms with van der Waals surface area (Å²) in [7, 11) is 3.66. The Bertz CT molecular complexity index is 682. The molecule has 2 aromatic rings. The highest BCUT2D eigenvalue weighted by Gasteiger charge is 2.45.